The molecule has 90 valence electrons. The van der Waals surface area contributed by atoms with Gasteiger partial charge >= 0.3 is 0 Å². The van der Waals surface area contributed by atoms with Crippen LogP contribution in [-0.4, -0.2) is 27.7 Å². The van der Waals surface area contributed by atoms with E-state index < -0.39 is 0 Å². The molecule has 0 saturated carbocycles. The SMILES string of the molecule is COc1cccc(C(C)NCc2nn[nH]n2)c1. The summed E-state index contributed by atoms with van der Waals surface area (Å²) in [5.74, 6) is 1.51. The Bertz CT molecular complexity index is 457. The fourth-order valence-corrected chi connectivity index (χ4v) is 1.53. The molecule has 1 aromatic heterocycles. The van der Waals surface area contributed by atoms with Gasteiger partial charge in [-0.2, -0.15) is 5.21 Å². The lowest BCUT2D eigenvalue weighted by molar-refractivity contribution is 0.413. The zero-order chi connectivity index (χ0) is 12.1. The van der Waals surface area contributed by atoms with Crippen molar-refractivity contribution in [1.82, 2.24) is 25.9 Å². The van der Waals surface area contributed by atoms with Crippen LogP contribution in [-0.2, 0) is 6.54 Å². The zero-order valence-electron chi connectivity index (χ0n) is 9.84. The molecule has 0 radical (unpaired) electrons. The summed E-state index contributed by atoms with van der Waals surface area (Å²) in [4.78, 5) is 0. The minimum Gasteiger partial charge on any atom is -0.497 e. The van der Waals surface area contributed by atoms with Gasteiger partial charge in [-0.3, -0.25) is 0 Å². The van der Waals surface area contributed by atoms with Crippen molar-refractivity contribution >= 4 is 0 Å². The molecule has 2 rings (SSSR count). The van der Waals surface area contributed by atoms with E-state index in [9.17, 15) is 0 Å². The van der Waals surface area contributed by atoms with E-state index in [4.69, 9.17) is 4.74 Å². The molecule has 0 aliphatic rings. The molecule has 0 aliphatic heterocycles. The lowest BCUT2D eigenvalue weighted by atomic mass is 10.1. The van der Waals surface area contributed by atoms with E-state index in [0.717, 1.165) is 11.3 Å². The molecular weight excluding hydrogens is 218 g/mol. The number of hydrogen-bond acceptors (Lipinski definition) is 5. The van der Waals surface area contributed by atoms with Gasteiger partial charge in [-0.1, -0.05) is 17.3 Å². The Balaban J connectivity index is 1.96. The van der Waals surface area contributed by atoms with Crippen molar-refractivity contribution in [3.05, 3.63) is 35.7 Å². The van der Waals surface area contributed by atoms with E-state index >= 15 is 0 Å². The number of aromatic amines is 1. The number of nitrogens with one attached hydrogen (secondary N) is 2. The van der Waals surface area contributed by atoms with Crippen molar-refractivity contribution in [2.75, 3.05) is 7.11 Å². The second kappa shape index (κ2) is 5.40. The Kier molecular flexibility index (Phi) is 3.66. The van der Waals surface area contributed by atoms with Crippen LogP contribution in [0.15, 0.2) is 24.3 Å². The molecule has 1 aromatic carbocycles. The van der Waals surface area contributed by atoms with Gasteiger partial charge in [0.2, 0.25) is 0 Å². The average molecular weight is 233 g/mol. The minimum absolute atomic E-state index is 0.198. The highest BCUT2D eigenvalue weighted by atomic mass is 16.5. The van der Waals surface area contributed by atoms with Crippen molar-refractivity contribution in [1.29, 1.82) is 0 Å². The Morgan fingerprint density at radius 1 is 1.47 bits per heavy atom. The Labute approximate surface area is 99.4 Å². The molecule has 0 fully saturated rings. The number of tetrazole rings is 1. The van der Waals surface area contributed by atoms with Crippen molar-refractivity contribution in [3.8, 4) is 5.75 Å². The van der Waals surface area contributed by atoms with Gasteiger partial charge in [-0.15, -0.1) is 10.2 Å². The van der Waals surface area contributed by atoms with E-state index in [2.05, 4.69) is 38.9 Å². The van der Waals surface area contributed by atoms with Crippen LogP contribution in [0.2, 0.25) is 0 Å². The van der Waals surface area contributed by atoms with Crippen LogP contribution in [0.4, 0.5) is 0 Å². The summed E-state index contributed by atoms with van der Waals surface area (Å²) < 4.78 is 5.19. The van der Waals surface area contributed by atoms with Crippen molar-refractivity contribution in [2.24, 2.45) is 0 Å². The fraction of sp³-hybridized carbons (Fsp3) is 0.364. The van der Waals surface area contributed by atoms with E-state index in [0.29, 0.717) is 12.4 Å². The standard InChI is InChI=1S/C11H15N5O/c1-8(12-7-11-13-15-16-14-11)9-4-3-5-10(6-9)17-2/h3-6,8,12H,7H2,1-2H3,(H,13,14,15,16). The van der Waals surface area contributed by atoms with Crippen LogP contribution in [0.3, 0.4) is 0 Å². The Hall–Kier alpha value is -1.95. The van der Waals surface area contributed by atoms with Crippen LogP contribution >= 0.6 is 0 Å². The lowest BCUT2D eigenvalue weighted by Crippen LogP contribution is -2.18. The maximum Gasteiger partial charge on any atom is 0.188 e. The summed E-state index contributed by atoms with van der Waals surface area (Å²) >= 11 is 0. The number of hydrogen-bond donors (Lipinski definition) is 2. The molecular formula is C11H15N5O. The quantitative estimate of drug-likeness (QED) is 0.807. The van der Waals surface area contributed by atoms with Crippen molar-refractivity contribution < 1.29 is 4.74 Å². The highest BCUT2D eigenvalue weighted by Crippen LogP contribution is 2.18. The summed E-state index contributed by atoms with van der Waals surface area (Å²) in [6, 6.07) is 8.16. The number of methoxy groups -OCH3 is 1. The molecule has 1 atom stereocenters. The van der Waals surface area contributed by atoms with E-state index in [1.165, 1.54) is 0 Å². The molecule has 2 aromatic rings. The van der Waals surface area contributed by atoms with E-state index in [1.54, 1.807) is 7.11 Å². The van der Waals surface area contributed by atoms with Gasteiger partial charge in [0, 0.05) is 6.04 Å². The van der Waals surface area contributed by atoms with Crippen LogP contribution in [0, 0.1) is 0 Å². The molecule has 2 N–H and O–H groups in total. The van der Waals surface area contributed by atoms with Crippen molar-refractivity contribution in [2.45, 2.75) is 19.5 Å². The predicted octanol–water partition coefficient (Wildman–Crippen LogP) is 1.06. The predicted molar refractivity (Wildman–Crippen MR) is 62.4 cm³/mol. The van der Waals surface area contributed by atoms with Gasteiger partial charge < -0.3 is 10.1 Å². The van der Waals surface area contributed by atoms with E-state index in [1.807, 2.05) is 18.2 Å². The largest absolute Gasteiger partial charge is 0.497 e. The molecule has 6 heteroatoms. The van der Waals surface area contributed by atoms with Gasteiger partial charge in [-0.05, 0) is 24.6 Å². The third kappa shape index (κ3) is 3.01. The van der Waals surface area contributed by atoms with Crippen LogP contribution in [0.25, 0.3) is 0 Å². The maximum atomic E-state index is 5.19. The van der Waals surface area contributed by atoms with Crippen LogP contribution in [0.5, 0.6) is 5.75 Å². The number of benzene rings is 1. The molecule has 0 bridgehead atoms. The highest BCUT2D eigenvalue weighted by Gasteiger charge is 2.07. The molecule has 17 heavy (non-hydrogen) atoms. The third-order valence-corrected chi connectivity index (χ3v) is 2.55. The van der Waals surface area contributed by atoms with Gasteiger partial charge in [-0.25, -0.2) is 0 Å². The number of H-pyrrole nitrogens is 1. The van der Waals surface area contributed by atoms with Crippen LogP contribution in [0.1, 0.15) is 24.4 Å². The Morgan fingerprint density at radius 3 is 3.06 bits per heavy atom. The normalized spacial score (nSPS) is 12.4. The molecule has 1 unspecified atom stereocenters. The summed E-state index contributed by atoms with van der Waals surface area (Å²) in [7, 11) is 1.66. The third-order valence-electron chi connectivity index (χ3n) is 2.55. The number of ether oxygens (including phenoxy) is 1. The second-order valence-electron chi connectivity index (χ2n) is 3.71. The minimum atomic E-state index is 0.198. The average Bonchev–Trinajstić information content (AvgIpc) is 2.89. The first-order valence-corrected chi connectivity index (χ1v) is 5.39. The molecule has 1 heterocycles. The first kappa shape index (κ1) is 11.5. The summed E-state index contributed by atoms with van der Waals surface area (Å²) in [5.41, 5.74) is 1.16. The summed E-state index contributed by atoms with van der Waals surface area (Å²) in [5, 5.41) is 17.0. The topological polar surface area (TPSA) is 75.7 Å². The van der Waals surface area contributed by atoms with Crippen molar-refractivity contribution in [3.63, 3.8) is 0 Å². The monoisotopic (exact) mass is 233 g/mol. The van der Waals surface area contributed by atoms with Gasteiger partial charge in [0.05, 0.1) is 13.7 Å². The summed E-state index contributed by atoms with van der Waals surface area (Å²) in [6.45, 7) is 2.66. The number of nitrogens with zero attached hydrogens (tertiary/aromatic N) is 3. The molecule has 0 saturated heterocycles. The molecule has 0 spiro atoms. The molecule has 6 nitrogen and oxygen atoms in total. The fourth-order valence-electron chi connectivity index (χ4n) is 1.53. The highest BCUT2D eigenvalue weighted by molar-refractivity contribution is 5.30. The second-order valence-corrected chi connectivity index (χ2v) is 3.71. The summed E-state index contributed by atoms with van der Waals surface area (Å²) in [6.07, 6.45) is 0. The Morgan fingerprint density at radius 2 is 2.35 bits per heavy atom. The number of aromatic nitrogens is 4. The first-order valence-electron chi connectivity index (χ1n) is 5.39. The molecule has 0 amide bonds. The lowest BCUT2D eigenvalue weighted by Gasteiger charge is -2.13. The van der Waals surface area contributed by atoms with Crippen LogP contribution < -0.4 is 10.1 Å². The first-order chi connectivity index (χ1) is 8.29. The van der Waals surface area contributed by atoms with E-state index in [-0.39, 0.29) is 6.04 Å². The van der Waals surface area contributed by atoms with Gasteiger partial charge in [0.15, 0.2) is 5.82 Å². The zero-order valence-corrected chi connectivity index (χ0v) is 9.84. The van der Waals surface area contributed by atoms with Gasteiger partial charge in [0.25, 0.3) is 0 Å². The maximum absolute atomic E-state index is 5.19. The smallest absolute Gasteiger partial charge is 0.188 e. The van der Waals surface area contributed by atoms with Gasteiger partial charge in [0.1, 0.15) is 5.75 Å². The number of rotatable bonds is 5. The molecule has 0 aliphatic carbocycles.